The van der Waals surface area contributed by atoms with Gasteiger partial charge < -0.3 is 10.1 Å². The minimum atomic E-state index is -0.471. The van der Waals surface area contributed by atoms with Crippen molar-refractivity contribution >= 4 is 11.9 Å². The fourth-order valence-corrected chi connectivity index (χ4v) is 2.17. The van der Waals surface area contributed by atoms with Crippen molar-refractivity contribution in [2.24, 2.45) is 5.92 Å². The van der Waals surface area contributed by atoms with Gasteiger partial charge in [-0.25, -0.2) is 4.79 Å². The summed E-state index contributed by atoms with van der Waals surface area (Å²) >= 11 is 0. The average Bonchev–Trinajstić information content (AvgIpc) is 2.62. The molecule has 2 atom stereocenters. The summed E-state index contributed by atoms with van der Waals surface area (Å²) in [6.45, 7) is 7.40. The SMILES string of the molecule is CCC(=O)C1CCC(NC(=O)OC(C)(C)C)C1. The monoisotopic (exact) mass is 241 g/mol. The predicted octanol–water partition coefficient (Wildman–Crippen LogP) is 2.66. The molecule has 17 heavy (non-hydrogen) atoms. The molecule has 1 aliphatic carbocycles. The summed E-state index contributed by atoms with van der Waals surface area (Å²) in [5.41, 5.74) is -0.471. The van der Waals surface area contributed by atoms with Crippen LogP contribution in [0.15, 0.2) is 0 Å². The topological polar surface area (TPSA) is 55.4 Å². The van der Waals surface area contributed by atoms with Crippen LogP contribution in [0.1, 0.15) is 53.4 Å². The lowest BCUT2D eigenvalue weighted by Gasteiger charge is -2.21. The van der Waals surface area contributed by atoms with Crippen LogP contribution in [0.25, 0.3) is 0 Å². The molecule has 0 radical (unpaired) electrons. The highest BCUT2D eigenvalue weighted by atomic mass is 16.6. The zero-order chi connectivity index (χ0) is 13.1. The Balaban J connectivity index is 2.35. The van der Waals surface area contributed by atoms with Gasteiger partial charge in [-0.15, -0.1) is 0 Å². The van der Waals surface area contributed by atoms with Crippen molar-refractivity contribution in [2.75, 3.05) is 0 Å². The van der Waals surface area contributed by atoms with Gasteiger partial charge in [-0.1, -0.05) is 6.92 Å². The average molecular weight is 241 g/mol. The number of alkyl carbamates (subject to hydrolysis) is 1. The number of hydrogen-bond donors (Lipinski definition) is 1. The Labute approximate surface area is 103 Å². The van der Waals surface area contributed by atoms with Gasteiger partial charge in [-0.3, -0.25) is 4.79 Å². The number of nitrogens with one attached hydrogen (secondary N) is 1. The fraction of sp³-hybridized carbons (Fsp3) is 0.846. The van der Waals surface area contributed by atoms with Gasteiger partial charge in [0.15, 0.2) is 0 Å². The van der Waals surface area contributed by atoms with E-state index in [4.69, 9.17) is 4.74 Å². The minimum absolute atomic E-state index is 0.0883. The van der Waals surface area contributed by atoms with Crippen LogP contribution in [-0.2, 0) is 9.53 Å². The Morgan fingerprint density at radius 1 is 1.29 bits per heavy atom. The van der Waals surface area contributed by atoms with Crippen molar-refractivity contribution in [2.45, 2.75) is 65.0 Å². The van der Waals surface area contributed by atoms with Crippen LogP contribution in [0.5, 0.6) is 0 Å². The molecule has 0 spiro atoms. The molecular formula is C13H23NO3. The number of Topliss-reactive ketones (excluding diaryl/α,β-unsaturated/α-hetero) is 1. The molecule has 0 aliphatic heterocycles. The molecule has 1 aliphatic rings. The second-order valence-electron chi connectivity index (χ2n) is 5.67. The molecule has 1 saturated carbocycles. The van der Waals surface area contributed by atoms with Crippen molar-refractivity contribution in [1.82, 2.24) is 5.32 Å². The van der Waals surface area contributed by atoms with E-state index in [0.29, 0.717) is 12.2 Å². The van der Waals surface area contributed by atoms with E-state index < -0.39 is 5.60 Å². The number of hydrogen-bond acceptors (Lipinski definition) is 3. The molecule has 1 N–H and O–H groups in total. The molecule has 2 unspecified atom stereocenters. The quantitative estimate of drug-likeness (QED) is 0.826. The number of ketones is 1. The molecule has 0 saturated heterocycles. The molecule has 1 fully saturated rings. The van der Waals surface area contributed by atoms with Crippen LogP contribution < -0.4 is 5.32 Å². The standard InChI is InChI=1S/C13H23NO3/c1-5-11(15)9-6-7-10(8-9)14-12(16)17-13(2,3)4/h9-10H,5-8H2,1-4H3,(H,14,16). The van der Waals surface area contributed by atoms with Gasteiger partial charge in [0.1, 0.15) is 11.4 Å². The van der Waals surface area contributed by atoms with Gasteiger partial charge in [0.25, 0.3) is 0 Å². The zero-order valence-electron chi connectivity index (χ0n) is 11.2. The molecule has 1 rings (SSSR count). The van der Waals surface area contributed by atoms with E-state index in [-0.39, 0.29) is 18.1 Å². The summed E-state index contributed by atoms with van der Waals surface area (Å²) in [4.78, 5) is 23.1. The summed E-state index contributed by atoms with van der Waals surface area (Å²) in [7, 11) is 0. The van der Waals surface area contributed by atoms with Crippen molar-refractivity contribution in [3.05, 3.63) is 0 Å². The van der Waals surface area contributed by atoms with Crippen LogP contribution in [0, 0.1) is 5.92 Å². The third-order valence-corrected chi connectivity index (χ3v) is 2.96. The van der Waals surface area contributed by atoms with Gasteiger partial charge in [0.2, 0.25) is 0 Å². The fourth-order valence-electron chi connectivity index (χ4n) is 2.17. The van der Waals surface area contributed by atoms with E-state index in [1.165, 1.54) is 0 Å². The van der Waals surface area contributed by atoms with E-state index >= 15 is 0 Å². The van der Waals surface area contributed by atoms with E-state index in [0.717, 1.165) is 19.3 Å². The second kappa shape index (κ2) is 5.52. The van der Waals surface area contributed by atoms with Crippen LogP contribution >= 0.6 is 0 Å². The van der Waals surface area contributed by atoms with Gasteiger partial charge in [0.05, 0.1) is 0 Å². The first kappa shape index (κ1) is 14.0. The maximum absolute atomic E-state index is 11.5. The summed E-state index contributed by atoms with van der Waals surface area (Å²) in [6.07, 6.45) is 2.71. The molecule has 4 nitrogen and oxygen atoms in total. The lowest BCUT2D eigenvalue weighted by molar-refractivity contribution is -0.122. The largest absolute Gasteiger partial charge is 0.444 e. The van der Waals surface area contributed by atoms with Gasteiger partial charge >= 0.3 is 6.09 Å². The molecule has 98 valence electrons. The van der Waals surface area contributed by atoms with Crippen LogP contribution in [-0.4, -0.2) is 23.5 Å². The molecule has 1 amide bonds. The first-order chi connectivity index (χ1) is 7.81. The molecule has 0 aromatic rings. The maximum atomic E-state index is 11.5. The van der Waals surface area contributed by atoms with Gasteiger partial charge in [-0.05, 0) is 40.0 Å². The highest BCUT2D eigenvalue weighted by molar-refractivity contribution is 5.81. The highest BCUT2D eigenvalue weighted by Gasteiger charge is 2.30. The van der Waals surface area contributed by atoms with Crippen molar-refractivity contribution in [3.63, 3.8) is 0 Å². The van der Waals surface area contributed by atoms with E-state index in [9.17, 15) is 9.59 Å². The molecular weight excluding hydrogens is 218 g/mol. The summed E-state index contributed by atoms with van der Waals surface area (Å²) < 4.78 is 5.19. The third kappa shape index (κ3) is 4.75. The Hall–Kier alpha value is -1.06. The lowest BCUT2D eigenvalue weighted by atomic mass is 10.0. The Bertz CT molecular complexity index is 294. The van der Waals surface area contributed by atoms with Crippen LogP contribution in [0.4, 0.5) is 4.79 Å². The summed E-state index contributed by atoms with van der Waals surface area (Å²) in [5, 5.41) is 2.83. The van der Waals surface area contributed by atoms with Crippen molar-refractivity contribution in [1.29, 1.82) is 0 Å². The molecule has 0 bridgehead atoms. The second-order valence-corrected chi connectivity index (χ2v) is 5.67. The Morgan fingerprint density at radius 2 is 1.94 bits per heavy atom. The first-order valence-corrected chi connectivity index (χ1v) is 6.34. The van der Waals surface area contributed by atoms with E-state index in [1.807, 2.05) is 27.7 Å². The predicted molar refractivity (Wildman–Crippen MR) is 65.8 cm³/mol. The molecule has 4 heteroatoms. The normalized spacial score (nSPS) is 24.5. The first-order valence-electron chi connectivity index (χ1n) is 6.34. The van der Waals surface area contributed by atoms with Crippen molar-refractivity contribution in [3.8, 4) is 0 Å². The number of amides is 1. The smallest absolute Gasteiger partial charge is 0.407 e. The molecule has 0 aromatic heterocycles. The summed E-state index contributed by atoms with van der Waals surface area (Å²) in [5.74, 6) is 0.429. The van der Waals surface area contributed by atoms with E-state index in [1.54, 1.807) is 0 Å². The van der Waals surface area contributed by atoms with Crippen molar-refractivity contribution < 1.29 is 14.3 Å². The Kier molecular flexibility index (Phi) is 4.54. The van der Waals surface area contributed by atoms with E-state index in [2.05, 4.69) is 5.32 Å². The zero-order valence-corrected chi connectivity index (χ0v) is 11.2. The van der Waals surface area contributed by atoms with Crippen LogP contribution in [0.2, 0.25) is 0 Å². The van der Waals surface area contributed by atoms with Crippen LogP contribution in [0.3, 0.4) is 0 Å². The highest BCUT2D eigenvalue weighted by Crippen LogP contribution is 2.27. The number of carbonyl (C=O) groups excluding carboxylic acids is 2. The number of rotatable bonds is 3. The van der Waals surface area contributed by atoms with Gasteiger partial charge in [-0.2, -0.15) is 0 Å². The lowest BCUT2D eigenvalue weighted by Crippen LogP contribution is -2.38. The Morgan fingerprint density at radius 3 is 2.47 bits per heavy atom. The molecule has 0 heterocycles. The number of carbonyl (C=O) groups is 2. The summed E-state index contributed by atoms with van der Waals surface area (Å²) in [6, 6.07) is 0.0883. The molecule has 0 aromatic carbocycles. The number of ether oxygens (including phenoxy) is 1. The van der Waals surface area contributed by atoms with Gasteiger partial charge in [0, 0.05) is 18.4 Å². The third-order valence-electron chi connectivity index (χ3n) is 2.96. The maximum Gasteiger partial charge on any atom is 0.407 e. The minimum Gasteiger partial charge on any atom is -0.444 e.